The maximum absolute atomic E-state index is 5.53. The average molecular weight is 358 g/mol. The molecule has 4 rings (SSSR count). The number of benzene rings is 3. The highest BCUT2D eigenvalue weighted by molar-refractivity contribution is 6.08. The zero-order valence-corrected chi connectivity index (χ0v) is 16.5. The van der Waals surface area contributed by atoms with E-state index >= 15 is 0 Å². The Hall–Kier alpha value is -3.07. The van der Waals surface area contributed by atoms with Gasteiger partial charge in [0, 0.05) is 17.7 Å². The molecule has 136 valence electrons. The summed E-state index contributed by atoms with van der Waals surface area (Å²) >= 11 is 0. The standard InChI is InChI=1S/C24H24NO2/c1-15-7-6-8-19(16(15)2)24-20-13-17(26-4)9-11-22(20)25(3)23-12-10-18(27-5)14-21(23)24/h6-14H,1-5H3/q+1. The number of hydrogen-bond donors (Lipinski definition) is 0. The molecule has 0 radical (unpaired) electrons. The predicted octanol–water partition coefficient (Wildman–Crippen LogP) is 5.12. The normalized spacial score (nSPS) is 11.1. The first-order valence-corrected chi connectivity index (χ1v) is 9.09. The average Bonchev–Trinajstić information content (AvgIpc) is 2.70. The lowest BCUT2D eigenvalue weighted by Crippen LogP contribution is -2.30. The van der Waals surface area contributed by atoms with Crippen LogP contribution in [0.1, 0.15) is 11.1 Å². The van der Waals surface area contributed by atoms with Crippen molar-refractivity contribution in [3.8, 4) is 22.6 Å². The molecule has 0 atom stereocenters. The topological polar surface area (TPSA) is 22.3 Å². The number of nitrogens with zero attached hydrogens (tertiary/aromatic N) is 1. The van der Waals surface area contributed by atoms with Crippen LogP contribution in [-0.4, -0.2) is 14.2 Å². The van der Waals surface area contributed by atoms with Crippen molar-refractivity contribution in [2.75, 3.05) is 14.2 Å². The molecule has 3 nitrogen and oxygen atoms in total. The molecule has 0 fully saturated rings. The van der Waals surface area contributed by atoms with Crippen molar-refractivity contribution in [3.05, 3.63) is 65.7 Å². The van der Waals surface area contributed by atoms with Crippen molar-refractivity contribution in [1.82, 2.24) is 0 Å². The number of fused-ring (bicyclic) bond motifs is 2. The third-order valence-corrected chi connectivity index (χ3v) is 5.54. The van der Waals surface area contributed by atoms with Crippen molar-refractivity contribution in [2.24, 2.45) is 7.05 Å². The van der Waals surface area contributed by atoms with Gasteiger partial charge in [-0.15, -0.1) is 0 Å². The molecule has 0 amide bonds. The number of pyridine rings is 1. The Labute approximate surface area is 159 Å². The fourth-order valence-corrected chi connectivity index (χ4v) is 3.86. The van der Waals surface area contributed by atoms with Crippen LogP contribution in [0.4, 0.5) is 0 Å². The number of ether oxygens (including phenoxy) is 2. The minimum absolute atomic E-state index is 0.858. The Morgan fingerprint density at radius 3 is 1.81 bits per heavy atom. The van der Waals surface area contributed by atoms with E-state index in [2.05, 4.69) is 67.9 Å². The summed E-state index contributed by atoms with van der Waals surface area (Å²) in [5.74, 6) is 1.72. The molecule has 4 aromatic rings. The van der Waals surface area contributed by atoms with Gasteiger partial charge < -0.3 is 9.47 Å². The first-order valence-electron chi connectivity index (χ1n) is 9.09. The lowest BCUT2D eigenvalue weighted by atomic mass is 9.91. The van der Waals surface area contributed by atoms with Crippen LogP contribution in [-0.2, 0) is 7.05 Å². The van der Waals surface area contributed by atoms with E-state index in [4.69, 9.17) is 9.47 Å². The number of aromatic nitrogens is 1. The van der Waals surface area contributed by atoms with Crippen LogP contribution in [0.2, 0.25) is 0 Å². The van der Waals surface area contributed by atoms with Gasteiger partial charge >= 0.3 is 0 Å². The quantitative estimate of drug-likeness (QED) is 0.375. The van der Waals surface area contributed by atoms with E-state index in [0.29, 0.717) is 0 Å². The summed E-state index contributed by atoms with van der Waals surface area (Å²) in [4.78, 5) is 0. The lowest BCUT2D eigenvalue weighted by molar-refractivity contribution is -0.617. The van der Waals surface area contributed by atoms with Crippen LogP contribution in [0.3, 0.4) is 0 Å². The van der Waals surface area contributed by atoms with E-state index in [1.807, 2.05) is 12.1 Å². The molecule has 0 aliphatic rings. The molecule has 0 aliphatic heterocycles. The summed E-state index contributed by atoms with van der Waals surface area (Å²) in [5.41, 5.74) is 7.38. The first-order chi connectivity index (χ1) is 13.0. The van der Waals surface area contributed by atoms with E-state index in [9.17, 15) is 0 Å². The van der Waals surface area contributed by atoms with Gasteiger partial charge in [-0.05, 0) is 54.8 Å². The van der Waals surface area contributed by atoms with Crippen LogP contribution in [0.5, 0.6) is 11.5 Å². The predicted molar refractivity (Wildman–Crippen MR) is 111 cm³/mol. The fourth-order valence-electron chi connectivity index (χ4n) is 3.86. The Kier molecular flexibility index (Phi) is 4.23. The second-order valence-corrected chi connectivity index (χ2v) is 6.95. The second kappa shape index (κ2) is 6.58. The number of aryl methyl sites for hydroxylation is 2. The van der Waals surface area contributed by atoms with Crippen molar-refractivity contribution in [3.63, 3.8) is 0 Å². The molecule has 3 aromatic carbocycles. The van der Waals surface area contributed by atoms with Crippen molar-refractivity contribution < 1.29 is 14.0 Å². The maximum Gasteiger partial charge on any atom is 0.213 e. The minimum Gasteiger partial charge on any atom is -0.497 e. The summed E-state index contributed by atoms with van der Waals surface area (Å²) in [6, 6.07) is 19.1. The molecule has 0 bridgehead atoms. The van der Waals surface area contributed by atoms with Crippen LogP contribution in [0, 0.1) is 13.8 Å². The van der Waals surface area contributed by atoms with E-state index in [0.717, 1.165) is 11.5 Å². The molecular weight excluding hydrogens is 334 g/mol. The van der Waals surface area contributed by atoms with Gasteiger partial charge in [-0.3, -0.25) is 0 Å². The van der Waals surface area contributed by atoms with Gasteiger partial charge in [0.05, 0.1) is 25.0 Å². The van der Waals surface area contributed by atoms with Crippen molar-refractivity contribution >= 4 is 21.8 Å². The van der Waals surface area contributed by atoms with Crippen LogP contribution < -0.4 is 14.0 Å². The van der Waals surface area contributed by atoms with Gasteiger partial charge in [-0.1, -0.05) is 18.2 Å². The zero-order valence-electron chi connectivity index (χ0n) is 16.5. The third kappa shape index (κ3) is 2.71. The Morgan fingerprint density at radius 1 is 0.741 bits per heavy atom. The van der Waals surface area contributed by atoms with Gasteiger partial charge in [0.15, 0.2) is 0 Å². The van der Waals surface area contributed by atoms with Crippen molar-refractivity contribution in [2.45, 2.75) is 13.8 Å². The molecule has 0 saturated heterocycles. The summed E-state index contributed by atoms with van der Waals surface area (Å²) in [6.07, 6.45) is 0. The fraction of sp³-hybridized carbons (Fsp3) is 0.208. The zero-order chi connectivity index (χ0) is 19.1. The summed E-state index contributed by atoms with van der Waals surface area (Å²) < 4.78 is 13.3. The molecule has 1 aromatic heterocycles. The third-order valence-electron chi connectivity index (χ3n) is 5.54. The highest BCUT2D eigenvalue weighted by Gasteiger charge is 2.21. The lowest BCUT2D eigenvalue weighted by Gasteiger charge is -2.15. The Bertz CT molecular complexity index is 1110. The molecular formula is C24H24NO2+. The molecule has 0 unspecified atom stereocenters. The highest BCUT2D eigenvalue weighted by Crippen LogP contribution is 2.38. The summed E-state index contributed by atoms with van der Waals surface area (Å²) in [6.45, 7) is 4.35. The molecule has 0 aliphatic carbocycles. The molecule has 3 heteroatoms. The van der Waals surface area contributed by atoms with E-state index in [1.165, 1.54) is 44.1 Å². The van der Waals surface area contributed by atoms with Gasteiger partial charge in [-0.25, -0.2) is 0 Å². The number of hydrogen-bond acceptors (Lipinski definition) is 2. The van der Waals surface area contributed by atoms with Crippen LogP contribution in [0.15, 0.2) is 54.6 Å². The number of methoxy groups -OCH3 is 2. The Morgan fingerprint density at radius 2 is 1.30 bits per heavy atom. The van der Waals surface area contributed by atoms with E-state index in [-0.39, 0.29) is 0 Å². The molecule has 0 N–H and O–H groups in total. The SMILES string of the molecule is COc1ccc2c(c1)c(-c1cccc(C)c1C)c1cc(OC)ccc1[n+]2C. The van der Waals surface area contributed by atoms with E-state index < -0.39 is 0 Å². The van der Waals surface area contributed by atoms with Crippen molar-refractivity contribution in [1.29, 1.82) is 0 Å². The maximum atomic E-state index is 5.53. The monoisotopic (exact) mass is 358 g/mol. The summed E-state index contributed by atoms with van der Waals surface area (Å²) in [5, 5.41) is 2.35. The van der Waals surface area contributed by atoms with Gasteiger partial charge in [0.25, 0.3) is 0 Å². The minimum atomic E-state index is 0.858. The van der Waals surface area contributed by atoms with Gasteiger partial charge in [0.1, 0.15) is 18.5 Å². The molecule has 1 heterocycles. The second-order valence-electron chi connectivity index (χ2n) is 6.95. The van der Waals surface area contributed by atoms with Crippen LogP contribution in [0.25, 0.3) is 32.9 Å². The largest absolute Gasteiger partial charge is 0.497 e. The molecule has 27 heavy (non-hydrogen) atoms. The van der Waals surface area contributed by atoms with Crippen LogP contribution >= 0.6 is 0 Å². The first kappa shape index (κ1) is 17.3. The van der Waals surface area contributed by atoms with Gasteiger partial charge in [-0.2, -0.15) is 4.57 Å². The molecule has 0 spiro atoms. The number of rotatable bonds is 3. The highest BCUT2D eigenvalue weighted by atomic mass is 16.5. The van der Waals surface area contributed by atoms with E-state index in [1.54, 1.807) is 14.2 Å². The Balaban J connectivity index is 2.26. The smallest absolute Gasteiger partial charge is 0.213 e. The summed E-state index contributed by atoms with van der Waals surface area (Å²) in [7, 11) is 5.53. The molecule has 0 saturated carbocycles. The van der Waals surface area contributed by atoms with Gasteiger partial charge in [0.2, 0.25) is 11.0 Å².